The van der Waals surface area contributed by atoms with Crippen LogP contribution in [0.3, 0.4) is 0 Å². The van der Waals surface area contributed by atoms with Crippen molar-refractivity contribution in [3.8, 4) is 5.75 Å². The Labute approximate surface area is 191 Å². The van der Waals surface area contributed by atoms with E-state index in [0.29, 0.717) is 19.1 Å². The summed E-state index contributed by atoms with van der Waals surface area (Å²) in [5, 5.41) is 11.9. The zero-order valence-corrected chi connectivity index (χ0v) is 18.0. The zero-order chi connectivity index (χ0) is 27.0. The van der Waals surface area contributed by atoms with Crippen molar-refractivity contribution in [2.75, 3.05) is 11.1 Å². The number of sulfone groups is 1. The number of rotatable bonds is 6. The monoisotopic (exact) mass is 539 g/mol. The lowest BCUT2D eigenvalue weighted by Gasteiger charge is -2.23. The minimum Gasteiger partial charge on any atom is -0.404 e. The van der Waals surface area contributed by atoms with E-state index in [2.05, 4.69) is 4.74 Å². The van der Waals surface area contributed by atoms with E-state index in [-0.39, 0.29) is 18.2 Å². The maximum Gasteiger partial charge on any atom is 0.573 e. The molecule has 0 saturated carbocycles. The molecule has 1 atom stereocenters. The Kier molecular flexibility index (Phi) is 7.43. The van der Waals surface area contributed by atoms with E-state index < -0.39 is 73.3 Å². The van der Waals surface area contributed by atoms with Crippen molar-refractivity contribution >= 4 is 21.4 Å². The van der Waals surface area contributed by atoms with Gasteiger partial charge in [0.25, 0.3) is 5.91 Å². The largest absolute Gasteiger partial charge is 0.573 e. The topological polar surface area (TPSA) is 92.7 Å². The zero-order valence-electron chi connectivity index (χ0n) is 17.1. The predicted molar refractivity (Wildman–Crippen MR) is 101 cm³/mol. The molecule has 0 aliphatic carbocycles. The molecule has 0 saturated heterocycles. The second-order valence-electron chi connectivity index (χ2n) is 7.28. The smallest absolute Gasteiger partial charge is 0.404 e. The number of amides is 1. The highest BCUT2D eigenvalue weighted by Crippen LogP contribution is 2.38. The van der Waals surface area contributed by atoms with Crippen LogP contribution in [0, 0.1) is 0 Å². The first-order valence-electron chi connectivity index (χ1n) is 9.03. The highest BCUT2D eigenvalue weighted by Gasteiger charge is 2.41. The van der Waals surface area contributed by atoms with Gasteiger partial charge in [0.1, 0.15) is 10.6 Å². The van der Waals surface area contributed by atoms with Gasteiger partial charge in [-0.1, -0.05) is 12.1 Å². The van der Waals surface area contributed by atoms with Crippen LogP contribution in [-0.4, -0.2) is 37.1 Å². The molecule has 6 nitrogen and oxygen atoms in total. The minimum atomic E-state index is -5.30. The quantitative estimate of drug-likeness (QED) is 0.516. The van der Waals surface area contributed by atoms with Gasteiger partial charge >= 0.3 is 18.7 Å². The molecule has 2 N–H and O–H groups in total. The van der Waals surface area contributed by atoms with Gasteiger partial charge in [-0.25, -0.2) is 8.42 Å². The van der Waals surface area contributed by atoms with Crippen molar-refractivity contribution in [1.82, 2.24) is 0 Å². The van der Waals surface area contributed by atoms with Crippen LogP contribution >= 0.6 is 0 Å². The molecule has 0 aromatic heterocycles. The van der Waals surface area contributed by atoms with E-state index in [9.17, 15) is 57.8 Å². The highest BCUT2D eigenvalue weighted by molar-refractivity contribution is 7.91. The predicted octanol–water partition coefficient (Wildman–Crippen LogP) is 4.79. The summed E-state index contributed by atoms with van der Waals surface area (Å²) in [4.78, 5) is 11.3. The van der Waals surface area contributed by atoms with E-state index in [1.54, 1.807) is 5.32 Å². The fourth-order valence-electron chi connectivity index (χ4n) is 2.72. The fraction of sp³-hybridized carbons (Fsp3) is 0.316. The van der Waals surface area contributed by atoms with Gasteiger partial charge in [0.2, 0.25) is 0 Å². The van der Waals surface area contributed by atoms with Crippen LogP contribution in [0.1, 0.15) is 18.1 Å². The van der Waals surface area contributed by atoms with Gasteiger partial charge in [-0.05, 0) is 37.3 Å². The second-order valence-corrected chi connectivity index (χ2v) is 9.23. The lowest BCUT2D eigenvalue weighted by atomic mass is 10.1. The molecule has 1 amide bonds. The summed E-state index contributed by atoms with van der Waals surface area (Å²) in [6.45, 7) is 0.547. The lowest BCUT2D eigenvalue weighted by molar-refractivity contribution is -0.275. The maximum absolute atomic E-state index is 13.0. The molecular formula is C19H14F9NO5S. The number of hydrogen-bond donors (Lipinski definition) is 2. The van der Waals surface area contributed by atoms with Crippen molar-refractivity contribution in [1.29, 1.82) is 0 Å². The molecule has 1 unspecified atom stereocenters. The SMILES string of the molecule is CC(O)(CS(=O)(=O)c1ccccc1OC(F)(F)F)C(=O)Nc1cc(C(F)(F)F)cc(C(F)(F)F)c1. The molecule has 0 bridgehead atoms. The first-order chi connectivity index (χ1) is 15.6. The standard InChI is InChI=1S/C19H14F9NO5S/c1-16(31,9-35(32,33)14-5-3-2-4-13(14)34-19(26,27)28)15(30)29-12-7-10(17(20,21)22)6-11(8-12)18(23,24)25/h2-8,31H,9H2,1H3,(H,29,30). The average molecular weight is 539 g/mol. The van der Waals surface area contributed by atoms with E-state index in [1.807, 2.05) is 0 Å². The highest BCUT2D eigenvalue weighted by atomic mass is 32.2. The number of anilines is 1. The number of nitrogens with one attached hydrogen (secondary N) is 1. The molecule has 194 valence electrons. The Bertz CT molecular complexity index is 1170. The molecule has 16 heteroatoms. The van der Waals surface area contributed by atoms with E-state index in [1.165, 1.54) is 0 Å². The van der Waals surface area contributed by atoms with Crippen molar-refractivity contribution in [2.45, 2.75) is 36.1 Å². The summed E-state index contributed by atoms with van der Waals surface area (Å²) in [7, 11) is -4.92. The minimum absolute atomic E-state index is 0.115. The van der Waals surface area contributed by atoms with Gasteiger partial charge in [-0.3, -0.25) is 4.79 Å². The Morgan fingerprint density at radius 2 is 1.40 bits per heavy atom. The Morgan fingerprint density at radius 3 is 1.86 bits per heavy atom. The molecule has 2 aromatic rings. The normalized spacial score (nSPS) is 14.8. The molecule has 35 heavy (non-hydrogen) atoms. The van der Waals surface area contributed by atoms with Crippen LogP contribution < -0.4 is 10.1 Å². The average Bonchev–Trinajstić information content (AvgIpc) is 2.64. The number of hydrogen-bond acceptors (Lipinski definition) is 5. The van der Waals surface area contributed by atoms with Crippen LogP contribution in [0.4, 0.5) is 45.2 Å². The van der Waals surface area contributed by atoms with E-state index >= 15 is 0 Å². The molecule has 2 rings (SSSR count). The third-order valence-electron chi connectivity index (χ3n) is 4.22. The summed E-state index contributed by atoms with van der Waals surface area (Å²) in [6.07, 6.45) is -15.8. The summed E-state index contributed by atoms with van der Waals surface area (Å²) >= 11 is 0. The molecule has 0 aliphatic heterocycles. The van der Waals surface area contributed by atoms with E-state index in [0.717, 1.165) is 12.1 Å². The van der Waals surface area contributed by atoms with Crippen molar-refractivity contribution < 1.29 is 62.6 Å². The lowest BCUT2D eigenvalue weighted by Crippen LogP contribution is -2.46. The number of aliphatic hydroxyl groups is 1. The number of carbonyl (C=O) groups excluding carboxylic acids is 1. The summed E-state index contributed by atoms with van der Waals surface area (Å²) in [5.41, 5.74) is -7.69. The van der Waals surface area contributed by atoms with Crippen LogP contribution in [0.5, 0.6) is 5.75 Å². The number of ether oxygens (including phenoxy) is 1. The first kappa shape index (κ1) is 28.2. The van der Waals surface area contributed by atoms with Gasteiger partial charge in [-0.15, -0.1) is 13.2 Å². The molecule has 0 heterocycles. The summed E-state index contributed by atoms with van der Waals surface area (Å²) in [5.74, 6) is -4.54. The number of benzene rings is 2. The van der Waals surface area contributed by atoms with Crippen LogP contribution in [-0.2, 0) is 27.0 Å². The number of halogens is 9. The Morgan fingerprint density at radius 1 is 0.914 bits per heavy atom. The van der Waals surface area contributed by atoms with Gasteiger partial charge in [0.15, 0.2) is 15.4 Å². The molecular weight excluding hydrogens is 525 g/mol. The third kappa shape index (κ3) is 7.48. The second kappa shape index (κ2) is 9.22. The third-order valence-corrected chi connectivity index (χ3v) is 6.17. The molecule has 0 fully saturated rings. The van der Waals surface area contributed by atoms with Gasteiger partial charge < -0.3 is 15.2 Å². The van der Waals surface area contributed by atoms with Gasteiger partial charge in [0, 0.05) is 5.69 Å². The molecule has 0 radical (unpaired) electrons. The molecule has 0 spiro atoms. The summed E-state index contributed by atoms with van der Waals surface area (Å²) < 4.78 is 144. The van der Waals surface area contributed by atoms with Crippen molar-refractivity contribution in [3.05, 3.63) is 53.6 Å². The Balaban J connectivity index is 2.38. The van der Waals surface area contributed by atoms with Crippen LogP contribution in [0.25, 0.3) is 0 Å². The number of alkyl halides is 9. The van der Waals surface area contributed by atoms with Gasteiger partial charge in [-0.2, -0.15) is 26.3 Å². The van der Waals surface area contributed by atoms with Crippen LogP contribution in [0.15, 0.2) is 47.4 Å². The molecule has 2 aromatic carbocycles. The Hall–Kier alpha value is -3.01. The van der Waals surface area contributed by atoms with Crippen molar-refractivity contribution in [2.24, 2.45) is 0 Å². The number of para-hydroxylation sites is 1. The number of carbonyl (C=O) groups is 1. The fourth-order valence-corrected chi connectivity index (χ4v) is 4.45. The van der Waals surface area contributed by atoms with E-state index in [4.69, 9.17) is 0 Å². The maximum atomic E-state index is 13.0. The summed E-state index contributed by atoms with van der Waals surface area (Å²) in [6, 6.07) is 3.32. The van der Waals surface area contributed by atoms with Gasteiger partial charge in [0.05, 0.1) is 16.9 Å². The molecule has 0 aliphatic rings. The first-order valence-corrected chi connectivity index (χ1v) is 10.7. The van der Waals surface area contributed by atoms with Crippen LogP contribution in [0.2, 0.25) is 0 Å². The van der Waals surface area contributed by atoms with Crippen molar-refractivity contribution in [3.63, 3.8) is 0 Å².